The molecule has 1 atom stereocenters. The number of ether oxygens (including phenoxy) is 1. The lowest BCUT2D eigenvalue weighted by molar-refractivity contribution is 0.210. The minimum Gasteiger partial charge on any atom is -0.490 e. The van der Waals surface area contributed by atoms with E-state index in [4.69, 9.17) is 9.73 Å². The van der Waals surface area contributed by atoms with Crippen LogP contribution in [-0.4, -0.2) is 16.9 Å². The van der Waals surface area contributed by atoms with Crippen LogP contribution in [0.4, 0.5) is 5.82 Å². The third kappa shape index (κ3) is 9.18. The maximum absolute atomic E-state index is 6.15. The molecule has 2 aliphatic rings. The Hall–Kier alpha value is -2.88. The second-order valence-corrected chi connectivity index (χ2v) is 9.42. The average Bonchev–Trinajstić information content (AvgIpc) is 3.51. The Labute approximate surface area is 227 Å². The number of amidine groups is 1. The molecule has 0 radical (unpaired) electrons. The molecule has 0 spiro atoms. The molecule has 2 heterocycles. The lowest BCUT2D eigenvalue weighted by Crippen LogP contribution is -2.21. The Morgan fingerprint density at radius 2 is 1.70 bits per heavy atom. The van der Waals surface area contributed by atoms with Gasteiger partial charge in [-0.2, -0.15) is 0 Å². The van der Waals surface area contributed by atoms with E-state index < -0.39 is 0 Å². The van der Waals surface area contributed by atoms with Crippen molar-refractivity contribution >= 4 is 11.7 Å². The van der Waals surface area contributed by atoms with Crippen LogP contribution in [0.25, 0.3) is 0 Å². The van der Waals surface area contributed by atoms with Gasteiger partial charge in [-0.05, 0) is 95.6 Å². The first kappa shape index (κ1) is 32.1. The summed E-state index contributed by atoms with van der Waals surface area (Å²) in [7, 11) is 0. The maximum atomic E-state index is 6.15. The molecule has 4 nitrogen and oxygen atoms in total. The molecule has 1 aromatic rings. The zero-order valence-corrected chi connectivity index (χ0v) is 25.2. The van der Waals surface area contributed by atoms with Gasteiger partial charge in [0.05, 0.1) is 6.10 Å². The fourth-order valence-electron chi connectivity index (χ4n) is 4.63. The minimum absolute atomic E-state index is 0.253. The van der Waals surface area contributed by atoms with E-state index in [0.717, 1.165) is 36.5 Å². The highest BCUT2D eigenvalue weighted by atomic mass is 16.5. The number of hydrogen-bond donors (Lipinski definition) is 1. The Morgan fingerprint density at radius 1 is 1.08 bits per heavy atom. The number of rotatable bonds is 8. The molecule has 1 aliphatic heterocycles. The molecular formula is C33H51N3O. The number of nitrogens with zero attached hydrogens (tertiary/aromatic N) is 2. The van der Waals surface area contributed by atoms with Crippen LogP contribution in [0.1, 0.15) is 101 Å². The summed E-state index contributed by atoms with van der Waals surface area (Å²) in [6.45, 7) is 24.9. The van der Waals surface area contributed by atoms with Crippen LogP contribution >= 0.6 is 0 Å². The van der Waals surface area contributed by atoms with Crippen LogP contribution in [0.15, 0.2) is 81.7 Å². The fourth-order valence-corrected chi connectivity index (χ4v) is 4.63. The quantitative estimate of drug-likeness (QED) is 0.358. The molecule has 0 bridgehead atoms. The molecule has 1 aliphatic carbocycles. The van der Waals surface area contributed by atoms with Gasteiger partial charge in [-0.1, -0.05) is 64.5 Å². The summed E-state index contributed by atoms with van der Waals surface area (Å²) in [5.41, 5.74) is 7.33. The van der Waals surface area contributed by atoms with Gasteiger partial charge in [-0.15, -0.1) is 0 Å². The highest BCUT2D eigenvalue weighted by Crippen LogP contribution is 2.30. The van der Waals surface area contributed by atoms with Gasteiger partial charge in [0.2, 0.25) is 0 Å². The molecular weight excluding hydrogens is 454 g/mol. The van der Waals surface area contributed by atoms with E-state index in [1.807, 2.05) is 45.9 Å². The first-order valence-corrected chi connectivity index (χ1v) is 14.2. The number of aliphatic imine (C=N–C) groups is 1. The van der Waals surface area contributed by atoms with E-state index in [1.165, 1.54) is 40.7 Å². The summed E-state index contributed by atoms with van der Waals surface area (Å²) in [4.78, 5) is 9.37. The molecule has 1 aromatic heterocycles. The minimum atomic E-state index is 0.253. The SMILES string of the molecule is C=CC(=C(C)C)C(/C=C\C1=C(C)C(CC)C(=Nc2cc(OC3CCCC3)ccn2)N1)=C(C)C.CC.CC. The van der Waals surface area contributed by atoms with Gasteiger partial charge < -0.3 is 10.1 Å². The summed E-state index contributed by atoms with van der Waals surface area (Å²) < 4.78 is 6.15. The predicted molar refractivity (Wildman–Crippen MR) is 163 cm³/mol. The van der Waals surface area contributed by atoms with E-state index in [1.54, 1.807) is 6.20 Å². The fraction of sp³-hybridized carbons (Fsp3) is 0.515. The van der Waals surface area contributed by atoms with Crippen molar-refractivity contribution in [2.24, 2.45) is 10.9 Å². The molecule has 37 heavy (non-hydrogen) atoms. The van der Waals surface area contributed by atoms with Gasteiger partial charge in [0.25, 0.3) is 0 Å². The van der Waals surface area contributed by atoms with E-state index in [0.29, 0.717) is 11.9 Å². The lowest BCUT2D eigenvalue weighted by atomic mass is 9.96. The second kappa shape index (κ2) is 16.8. The van der Waals surface area contributed by atoms with Gasteiger partial charge >= 0.3 is 0 Å². The smallest absolute Gasteiger partial charge is 0.157 e. The highest BCUT2D eigenvalue weighted by Gasteiger charge is 2.26. The topological polar surface area (TPSA) is 46.5 Å². The molecule has 1 N–H and O–H groups in total. The maximum Gasteiger partial charge on any atom is 0.157 e. The van der Waals surface area contributed by atoms with Crippen LogP contribution in [0.3, 0.4) is 0 Å². The van der Waals surface area contributed by atoms with Crippen molar-refractivity contribution in [1.82, 2.24) is 10.3 Å². The van der Waals surface area contributed by atoms with Gasteiger partial charge in [0.15, 0.2) is 5.82 Å². The molecule has 0 saturated heterocycles. The van der Waals surface area contributed by atoms with Crippen molar-refractivity contribution in [1.29, 1.82) is 0 Å². The molecule has 4 heteroatoms. The van der Waals surface area contributed by atoms with Crippen molar-refractivity contribution in [3.63, 3.8) is 0 Å². The zero-order valence-electron chi connectivity index (χ0n) is 25.2. The molecule has 3 rings (SSSR count). The highest BCUT2D eigenvalue weighted by molar-refractivity contribution is 5.94. The first-order valence-electron chi connectivity index (χ1n) is 14.2. The van der Waals surface area contributed by atoms with Gasteiger partial charge in [0.1, 0.15) is 11.6 Å². The van der Waals surface area contributed by atoms with Crippen LogP contribution in [0.5, 0.6) is 5.75 Å². The Bertz CT molecular complexity index is 1030. The van der Waals surface area contributed by atoms with Crippen molar-refractivity contribution < 1.29 is 4.74 Å². The first-order chi connectivity index (χ1) is 17.8. The predicted octanol–water partition coefficient (Wildman–Crippen LogP) is 9.80. The van der Waals surface area contributed by atoms with Gasteiger partial charge in [0, 0.05) is 23.9 Å². The number of nitrogens with one attached hydrogen (secondary N) is 1. The average molecular weight is 506 g/mol. The summed E-state index contributed by atoms with van der Waals surface area (Å²) >= 11 is 0. The summed E-state index contributed by atoms with van der Waals surface area (Å²) in [6.07, 6.45) is 14.2. The molecule has 0 amide bonds. The van der Waals surface area contributed by atoms with Crippen LogP contribution in [-0.2, 0) is 0 Å². The summed E-state index contributed by atoms with van der Waals surface area (Å²) in [6, 6.07) is 3.88. The monoisotopic (exact) mass is 505 g/mol. The standard InChI is InChI=1S/C29H39N3O.2C2H6/c1-8-24(19(3)4)26(20(5)6)14-15-27-21(7)25(9-2)29(31-27)32-28-18-23(16-17-30-28)33-22-12-10-11-13-22;2*1-2/h8,14-18,22,25H,1,9-13H2,2-7H3,(H,30,31,32);2*1-2H3/b15-14-;;. The van der Waals surface area contributed by atoms with Crippen molar-refractivity contribution in [2.75, 3.05) is 0 Å². The van der Waals surface area contributed by atoms with Crippen LogP contribution in [0, 0.1) is 5.92 Å². The van der Waals surface area contributed by atoms with Crippen LogP contribution < -0.4 is 10.1 Å². The Kier molecular flexibility index (Phi) is 14.6. The number of allylic oxidation sites excluding steroid dienone is 7. The number of hydrogen-bond acceptors (Lipinski definition) is 3. The summed E-state index contributed by atoms with van der Waals surface area (Å²) in [5, 5.41) is 3.56. The molecule has 1 saturated carbocycles. The third-order valence-electron chi connectivity index (χ3n) is 6.49. The Balaban J connectivity index is 0.00000163. The van der Waals surface area contributed by atoms with Crippen LogP contribution in [0.2, 0.25) is 0 Å². The van der Waals surface area contributed by atoms with E-state index in [-0.39, 0.29) is 5.92 Å². The van der Waals surface area contributed by atoms with Crippen molar-refractivity contribution in [3.05, 3.63) is 76.7 Å². The van der Waals surface area contributed by atoms with E-state index >= 15 is 0 Å². The van der Waals surface area contributed by atoms with E-state index in [2.05, 4.69) is 70.6 Å². The molecule has 1 unspecified atom stereocenters. The van der Waals surface area contributed by atoms with Crippen molar-refractivity contribution in [2.45, 2.75) is 107 Å². The normalized spacial score (nSPS) is 18.0. The largest absolute Gasteiger partial charge is 0.490 e. The van der Waals surface area contributed by atoms with Crippen molar-refractivity contribution in [3.8, 4) is 5.75 Å². The lowest BCUT2D eigenvalue weighted by Gasteiger charge is -2.13. The molecule has 1 fully saturated rings. The Morgan fingerprint density at radius 3 is 2.24 bits per heavy atom. The van der Waals surface area contributed by atoms with E-state index in [9.17, 15) is 0 Å². The van der Waals surface area contributed by atoms with Gasteiger partial charge in [-0.25, -0.2) is 9.98 Å². The zero-order chi connectivity index (χ0) is 28.0. The second-order valence-electron chi connectivity index (χ2n) is 9.42. The molecule has 0 aromatic carbocycles. The summed E-state index contributed by atoms with van der Waals surface area (Å²) in [5.74, 6) is 2.75. The molecule has 204 valence electrons. The van der Waals surface area contributed by atoms with Gasteiger partial charge in [-0.3, -0.25) is 0 Å². The number of aromatic nitrogens is 1. The number of pyridine rings is 1. The third-order valence-corrected chi connectivity index (χ3v) is 6.49.